The second-order valence-corrected chi connectivity index (χ2v) is 4.20. The Morgan fingerprint density at radius 1 is 1.16 bits per heavy atom. The van der Waals surface area contributed by atoms with E-state index < -0.39 is 17.3 Å². The molecule has 1 aromatic heterocycles. The zero-order chi connectivity index (χ0) is 14.0. The Labute approximate surface area is 107 Å². The highest BCUT2D eigenvalue weighted by atomic mass is 19.4. The van der Waals surface area contributed by atoms with Crippen molar-refractivity contribution in [1.82, 2.24) is 4.98 Å². The Bertz CT molecular complexity index is 644. The molecule has 5 heteroatoms. The molecule has 0 aliphatic rings. The van der Waals surface area contributed by atoms with E-state index in [1.54, 1.807) is 18.2 Å². The maximum absolute atomic E-state index is 12.7. The number of hydrogen-bond donors (Lipinski definition) is 1. The van der Waals surface area contributed by atoms with E-state index in [9.17, 15) is 18.0 Å². The van der Waals surface area contributed by atoms with Gasteiger partial charge >= 0.3 is 6.18 Å². The van der Waals surface area contributed by atoms with Crippen LogP contribution in [0.5, 0.6) is 0 Å². The molecule has 19 heavy (non-hydrogen) atoms. The number of aromatic nitrogens is 1. The average molecular weight is 267 g/mol. The Morgan fingerprint density at radius 3 is 2.53 bits per heavy atom. The van der Waals surface area contributed by atoms with Gasteiger partial charge in [0, 0.05) is 11.8 Å². The zero-order valence-corrected chi connectivity index (χ0v) is 10.2. The molecule has 100 valence electrons. The van der Waals surface area contributed by atoms with Crippen molar-refractivity contribution in [2.24, 2.45) is 0 Å². The molecule has 2 rings (SSSR count). The van der Waals surface area contributed by atoms with Crippen molar-refractivity contribution in [1.29, 1.82) is 0 Å². The van der Waals surface area contributed by atoms with Crippen LogP contribution in [0.15, 0.2) is 41.2 Å². The number of nitrogens with one attached hydrogen (secondary N) is 1. The van der Waals surface area contributed by atoms with Crippen LogP contribution in [0.25, 0.3) is 11.3 Å². The molecule has 0 saturated carbocycles. The zero-order valence-electron chi connectivity index (χ0n) is 10.2. The van der Waals surface area contributed by atoms with Gasteiger partial charge in [-0.3, -0.25) is 4.79 Å². The van der Waals surface area contributed by atoms with Crippen LogP contribution in [0, 0.1) is 0 Å². The third-order valence-electron chi connectivity index (χ3n) is 2.82. The van der Waals surface area contributed by atoms with E-state index in [0.29, 0.717) is 11.6 Å². The van der Waals surface area contributed by atoms with Crippen molar-refractivity contribution >= 4 is 0 Å². The van der Waals surface area contributed by atoms with Gasteiger partial charge in [0.25, 0.3) is 0 Å². The Balaban J connectivity index is 2.56. The highest BCUT2D eigenvalue weighted by Gasteiger charge is 2.31. The molecule has 0 amide bonds. The molecule has 1 aromatic carbocycles. The quantitative estimate of drug-likeness (QED) is 0.885. The van der Waals surface area contributed by atoms with Crippen LogP contribution in [-0.2, 0) is 12.6 Å². The van der Waals surface area contributed by atoms with Gasteiger partial charge in [-0.1, -0.05) is 25.1 Å². The number of aryl methyl sites for hydroxylation is 1. The summed E-state index contributed by atoms with van der Waals surface area (Å²) < 4.78 is 38.0. The predicted octanol–water partition coefficient (Wildman–Crippen LogP) is 3.62. The summed E-state index contributed by atoms with van der Waals surface area (Å²) in [7, 11) is 0. The monoisotopic (exact) mass is 267 g/mol. The van der Waals surface area contributed by atoms with Gasteiger partial charge < -0.3 is 4.98 Å². The lowest BCUT2D eigenvalue weighted by Crippen LogP contribution is -2.13. The highest BCUT2D eigenvalue weighted by molar-refractivity contribution is 5.60. The van der Waals surface area contributed by atoms with Crippen molar-refractivity contribution in [3.05, 3.63) is 57.9 Å². The van der Waals surface area contributed by atoms with Gasteiger partial charge in [0.2, 0.25) is 5.56 Å². The first-order valence-electron chi connectivity index (χ1n) is 5.81. The molecule has 0 radical (unpaired) electrons. The van der Waals surface area contributed by atoms with E-state index in [-0.39, 0.29) is 5.69 Å². The first kappa shape index (κ1) is 13.4. The summed E-state index contributed by atoms with van der Waals surface area (Å²) in [5.41, 5.74) is 0.0494. The third-order valence-corrected chi connectivity index (χ3v) is 2.82. The Kier molecular flexibility index (Phi) is 3.46. The number of halogens is 3. The second kappa shape index (κ2) is 4.91. The third kappa shape index (κ3) is 3.05. The second-order valence-electron chi connectivity index (χ2n) is 4.20. The summed E-state index contributed by atoms with van der Waals surface area (Å²) in [6, 6.07) is 8.60. The summed E-state index contributed by atoms with van der Waals surface area (Å²) in [6.45, 7) is 1.95. The fourth-order valence-electron chi connectivity index (χ4n) is 1.82. The van der Waals surface area contributed by atoms with E-state index in [2.05, 4.69) is 4.98 Å². The van der Waals surface area contributed by atoms with Gasteiger partial charge in [0.05, 0.1) is 5.56 Å². The van der Waals surface area contributed by atoms with E-state index >= 15 is 0 Å². The van der Waals surface area contributed by atoms with Crippen molar-refractivity contribution in [3.63, 3.8) is 0 Å². The van der Waals surface area contributed by atoms with E-state index in [4.69, 9.17) is 0 Å². The largest absolute Gasteiger partial charge is 0.416 e. The van der Waals surface area contributed by atoms with Gasteiger partial charge in [-0.2, -0.15) is 13.2 Å². The minimum absolute atomic E-state index is 0.176. The first-order valence-corrected chi connectivity index (χ1v) is 5.81. The van der Waals surface area contributed by atoms with Crippen LogP contribution in [0.3, 0.4) is 0 Å². The first-order chi connectivity index (χ1) is 8.90. The molecular formula is C14H12F3NO. The molecular weight excluding hydrogens is 255 g/mol. The molecule has 0 spiro atoms. The van der Waals surface area contributed by atoms with E-state index in [1.165, 1.54) is 0 Å². The van der Waals surface area contributed by atoms with Crippen LogP contribution in [-0.4, -0.2) is 4.98 Å². The van der Waals surface area contributed by atoms with Crippen molar-refractivity contribution in [2.75, 3.05) is 0 Å². The van der Waals surface area contributed by atoms with Gasteiger partial charge in [-0.25, -0.2) is 0 Å². The summed E-state index contributed by atoms with van der Waals surface area (Å²) in [6.07, 6.45) is -3.75. The van der Waals surface area contributed by atoms with Gasteiger partial charge in [0.15, 0.2) is 0 Å². The number of alkyl halides is 3. The van der Waals surface area contributed by atoms with Crippen molar-refractivity contribution in [3.8, 4) is 11.3 Å². The predicted molar refractivity (Wildman–Crippen MR) is 66.9 cm³/mol. The minimum atomic E-state index is -4.52. The summed E-state index contributed by atoms with van der Waals surface area (Å²) in [5.74, 6) is 0. The summed E-state index contributed by atoms with van der Waals surface area (Å²) in [4.78, 5) is 13.8. The maximum Gasteiger partial charge on any atom is 0.416 e. The molecule has 0 aliphatic carbocycles. The van der Waals surface area contributed by atoms with Crippen LogP contribution >= 0.6 is 0 Å². The lowest BCUT2D eigenvalue weighted by atomic mass is 10.0. The molecule has 1 N–H and O–H groups in total. The number of aromatic amines is 1. The number of rotatable bonds is 2. The standard InChI is InChI=1S/C14H12F3NO/c1-2-9-4-3-5-10(6-9)12-7-11(14(15,16)17)8-13(19)18-12/h3-8H,2H2,1H3,(H,18,19). The number of benzene rings is 1. The number of hydrogen-bond acceptors (Lipinski definition) is 1. The number of H-pyrrole nitrogens is 1. The fraction of sp³-hybridized carbons (Fsp3) is 0.214. The molecule has 2 nitrogen and oxygen atoms in total. The Morgan fingerprint density at radius 2 is 1.89 bits per heavy atom. The molecule has 0 saturated heterocycles. The average Bonchev–Trinajstić information content (AvgIpc) is 2.37. The van der Waals surface area contributed by atoms with E-state index in [0.717, 1.165) is 18.1 Å². The molecule has 0 atom stereocenters. The van der Waals surface area contributed by atoms with Crippen LogP contribution in [0.1, 0.15) is 18.1 Å². The van der Waals surface area contributed by atoms with Gasteiger partial charge in [-0.05, 0) is 29.7 Å². The SMILES string of the molecule is CCc1cccc(-c2cc(C(F)(F)F)cc(=O)[nH]2)c1. The molecule has 0 fully saturated rings. The van der Waals surface area contributed by atoms with Gasteiger partial charge in [-0.15, -0.1) is 0 Å². The number of pyridine rings is 1. The minimum Gasteiger partial charge on any atom is -0.322 e. The smallest absolute Gasteiger partial charge is 0.322 e. The molecule has 1 heterocycles. The van der Waals surface area contributed by atoms with E-state index in [1.807, 2.05) is 13.0 Å². The molecule has 2 aromatic rings. The lowest BCUT2D eigenvalue weighted by Gasteiger charge is -2.09. The maximum atomic E-state index is 12.7. The summed E-state index contributed by atoms with van der Waals surface area (Å²) in [5, 5.41) is 0. The summed E-state index contributed by atoms with van der Waals surface area (Å²) >= 11 is 0. The highest BCUT2D eigenvalue weighted by Crippen LogP contribution is 2.30. The normalized spacial score (nSPS) is 11.6. The molecule has 0 aliphatic heterocycles. The topological polar surface area (TPSA) is 32.9 Å². The molecule has 0 bridgehead atoms. The Hall–Kier alpha value is -2.04. The van der Waals surface area contributed by atoms with Crippen molar-refractivity contribution < 1.29 is 13.2 Å². The fourth-order valence-corrected chi connectivity index (χ4v) is 1.82. The van der Waals surface area contributed by atoms with Gasteiger partial charge in [0.1, 0.15) is 0 Å². The lowest BCUT2D eigenvalue weighted by molar-refractivity contribution is -0.137. The molecule has 0 unspecified atom stereocenters. The van der Waals surface area contributed by atoms with Crippen molar-refractivity contribution in [2.45, 2.75) is 19.5 Å². The van der Waals surface area contributed by atoms with Crippen LogP contribution in [0.2, 0.25) is 0 Å². The van der Waals surface area contributed by atoms with Crippen LogP contribution < -0.4 is 5.56 Å². The van der Waals surface area contributed by atoms with Crippen LogP contribution in [0.4, 0.5) is 13.2 Å².